The number of oxazole rings is 1. The summed E-state index contributed by atoms with van der Waals surface area (Å²) in [4.78, 5) is 4.70. The Hall–Kier alpha value is -1.00. The topological polar surface area (TPSA) is 49.1 Å². The maximum atomic E-state index is 11.2. The highest BCUT2D eigenvalue weighted by atomic mass is 32.2. The van der Waals surface area contributed by atoms with E-state index in [-0.39, 0.29) is 0 Å². The van der Waals surface area contributed by atoms with Crippen molar-refractivity contribution in [2.24, 2.45) is 0 Å². The van der Waals surface area contributed by atoms with Crippen molar-refractivity contribution < 1.29 is 8.97 Å². The van der Waals surface area contributed by atoms with Crippen LogP contribution in [0.2, 0.25) is 0 Å². The quantitative estimate of drug-likeness (QED) is 0.627. The maximum absolute atomic E-state index is 11.2. The van der Waals surface area contributed by atoms with Gasteiger partial charge in [0.1, 0.15) is 6.26 Å². The predicted molar refractivity (Wildman–Crippen MR) is 46.3 cm³/mol. The predicted octanol–water partition coefficient (Wildman–Crippen LogP) is 1.57. The maximum Gasteiger partial charge on any atom is 0.182 e. The molecule has 0 N–H and O–H groups in total. The molecule has 0 bridgehead atoms. The van der Waals surface area contributed by atoms with Gasteiger partial charge < -0.3 is 8.97 Å². The lowest BCUT2D eigenvalue weighted by Crippen LogP contribution is -1.97. The number of rotatable bonds is 1. The van der Waals surface area contributed by atoms with Crippen LogP contribution in [-0.2, 0) is 11.2 Å². The lowest BCUT2D eigenvalue weighted by Gasteiger charge is -2.02. The monoisotopic (exact) mass is 181 g/mol. The molecule has 62 valence electrons. The summed E-state index contributed by atoms with van der Waals surface area (Å²) in [5.74, 6) is 0. The van der Waals surface area contributed by atoms with Crippen molar-refractivity contribution in [2.45, 2.75) is 4.90 Å². The van der Waals surface area contributed by atoms with Gasteiger partial charge in [-0.3, -0.25) is 0 Å². The Labute approximate surface area is 72.6 Å². The fraction of sp³-hybridized carbons (Fsp3) is 0.125. The molecule has 1 unspecified atom stereocenters. The van der Waals surface area contributed by atoms with Gasteiger partial charge in [0, 0.05) is 0 Å². The van der Waals surface area contributed by atoms with Gasteiger partial charge in [-0.25, -0.2) is 4.98 Å². The molecule has 4 heteroatoms. The lowest BCUT2D eigenvalue weighted by atomic mass is 10.3. The van der Waals surface area contributed by atoms with E-state index in [9.17, 15) is 4.55 Å². The van der Waals surface area contributed by atoms with Crippen molar-refractivity contribution in [3.63, 3.8) is 0 Å². The first-order valence-corrected chi connectivity index (χ1v) is 5.00. The van der Waals surface area contributed by atoms with Crippen molar-refractivity contribution in [1.82, 2.24) is 4.98 Å². The first kappa shape index (κ1) is 7.64. The molecule has 1 heterocycles. The summed E-state index contributed by atoms with van der Waals surface area (Å²) >= 11 is -1.00. The number of hydrogen-bond acceptors (Lipinski definition) is 3. The number of benzene rings is 1. The molecule has 1 atom stereocenters. The number of aromatic nitrogens is 1. The summed E-state index contributed by atoms with van der Waals surface area (Å²) in [5.41, 5.74) is 1.38. The molecule has 12 heavy (non-hydrogen) atoms. The summed E-state index contributed by atoms with van der Waals surface area (Å²) in [6, 6.07) is 5.41. The largest absolute Gasteiger partial charge is 0.612 e. The Morgan fingerprint density at radius 1 is 1.50 bits per heavy atom. The van der Waals surface area contributed by atoms with E-state index in [1.807, 2.05) is 6.07 Å². The van der Waals surface area contributed by atoms with Gasteiger partial charge >= 0.3 is 0 Å². The fourth-order valence-electron chi connectivity index (χ4n) is 1.09. The van der Waals surface area contributed by atoms with Crippen molar-refractivity contribution in [3.8, 4) is 0 Å². The standard InChI is InChI=1S/C8H7NO2S/c1-12(10)7-4-2-3-6-8(7)9-5-11-6/h2-5H,1H3. The molecular weight excluding hydrogens is 174 g/mol. The van der Waals surface area contributed by atoms with Gasteiger partial charge in [-0.15, -0.1) is 0 Å². The van der Waals surface area contributed by atoms with Crippen LogP contribution in [0.25, 0.3) is 11.1 Å². The van der Waals surface area contributed by atoms with Crippen molar-refractivity contribution in [1.29, 1.82) is 0 Å². The Kier molecular flexibility index (Phi) is 1.78. The summed E-state index contributed by atoms with van der Waals surface area (Å²) in [6.45, 7) is 0. The average molecular weight is 181 g/mol. The minimum Gasteiger partial charge on any atom is -0.612 e. The minimum atomic E-state index is -1.00. The highest BCUT2D eigenvalue weighted by molar-refractivity contribution is 7.91. The van der Waals surface area contributed by atoms with Crippen LogP contribution >= 0.6 is 0 Å². The Morgan fingerprint density at radius 3 is 3.08 bits per heavy atom. The molecule has 0 amide bonds. The van der Waals surface area contributed by atoms with Crippen LogP contribution in [0.15, 0.2) is 33.9 Å². The minimum absolute atomic E-state index is 0.683. The fourth-order valence-corrected chi connectivity index (χ4v) is 1.79. The van der Waals surface area contributed by atoms with Crippen LogP contribution in [0.5, 0.6) is 0 Å². The van der Waals surface area contributed by atoms with Gasteiger partial charge in [-0.1, -0.05) is 6.07 Å². The second kappa shape index (κ2) is 2.80. The van der Waals surface area contributed by atoms with E-state index in [1.165, 1.54) is 6.39 Å². The smallest absolute Gasteiger partial charge is 0.182 e. The van der Waals surface area contributed by atoms with Crippen LogP contribution in [0.4, 0.5) is 0 Å². The molecule has 0 saturated carbocycles. The van der Waals surface area contributed by atoms with Gasteiger partial charge in [-0.05, 0) is 23.3 Å². The molecule has 0 aliphatic heterocycles. The molecule has 3 nitrogen and oxygen atoms in total. The molecule has 0 spiro atoms. The van der Waals surface area contributed by atoms with Gasteiger partial charge in [0.15, 0.2) is 22.4 Å². The third-order valence-corrected chi connectivity index (χ3v) is 2.58. The van der Waals surface area contributed by atoms with E-state index >= 15 is 0 Å². The van der Waals surface area contributed by atoms with Gasteiger partial charge in [-0.2, -0.15) is 0 Å². The molecule has 1 aromatic heterocycles. The molecule has 0 aliphatic rings. The van der Waals surface area contributed by atoms with Gasteiger partial charge in [0.05, 0.1) is 0 Å². The summed E-state index contributed by atoms with van der Waals surface area (Å²) in [6.07, 6.45) is 2.99. The molecular formula is C8H7NO2S. The van der Waals surface area contributed by atoms with E-state index in [4.69, 9.17) is 4.42 Å². The van der Waals surface area contributed by atoms with Crippen LogP contribution in [0.1, 0.15) is 0 Å². The third-order valence-electron chi connectivity index (χ3n) is 1.63. The van der Waals surface area contributed by atoms with Gasteiger partial charge in [0.2, 0.25) is 0 Å². The zero-order valence-corrected chi connectivity index (χ0v) is 7.30. The number of fused-ring (bicyclic) bond motifs is 1. The van der Waals surface area contributed by atoms with Crippen LogP contribution in [0, 0.1) is 0 Å². The van der Waals surface area contributed by atoms with E-state index in [0.29, 0.717) is 11.1 Å². The first-order chi connectivity index (χ1) is 5.79. The van der Waals surface area contributed by atoms with Gasteiger partial charge in [0.25, 0.3) is 0 Å². The zero-order valence-electron chi connectivity index (χ0n) is 6.48. The molecule has 1 aromatic carbocycles. The van der Waals surface area contributed by atoms with E-state index in [2.05, 4.69) is 4.98 Å². The molecule has 2 aromatic rings. The van der Waals surface area contributed by atoms with Crippen LogP contribution < -0.4 is 0 Å². The first-order valence-electron chi connectivity index (χ1n) is 3.44. The van der Waals surface area contributed by atoms with Crippen molar-refractivity contribution in [3.05, 3.63) is 24.6 Å². The highest BCUT2D eigenvalue weighted by Gasteiger charge is 2.11. The number of nitrogens with zero attached hydrogens (tertiary/aromatic N) is 1. The second-order valence-corrected chi connectivity index (χ2v) is 3.76. The van der Waals surface area contributed by atoms with Crippen molar-refractivity contribution in [2.75, 3.05) is 6.26 Å². The highest BCUT2D eigenvalue weighted by Crippen LogP contribution is 2.20. The summed E-state index contributed by atoms with van der Waals surface area (Å²) in [7, 11) is 0. The van der Waals surface area contributed by atoms with Crippen molar-refractivity contribution >= 4 is 22.3 Å². The normalized spacial score (nSPS) is 13.5. The lowest BCUT2D eigenvalue weighted by molar-refractivity contribution is 0.599. The van der Waals surface area contributed by atoms with E-state index in [1.54, 1.807) is 18.4 Å². The molecule has 0 fully saturated rings. The van der Waals surface area contributed by atoms with E-state index < -0.39 is 11.2 Å². The van der Waals surface area contributed by atoms with Crippen LogP contribution in [0.3, 0.4) is 0 Å². The average Bonchev–Trinajstić information content (AvgIpc) is 2.49. The molecule has 0 aliphatic carbocycles. The third kappa shape index (κ3) is 1.09. The Morgan fingerprint density at radius 2 is 2.33 bits per heavy atom. The SMILES string of the molecule is C[S+]([O-])c1cccc2ocnc12. The summed E-state index contributed by atoms with van der Waals surface area (Å²) in [5, 5.41) is 0. The Balaban J connectivity index is 2.73. The summed E-state index contributed by atoms with van der Waals surface area (Å²) < 4.78 is 16.2. The molecule has 0 radical (unpaired) electrons. The number of hydrogen-bond donors (Lipinski definition) is 0. The second-order valence-electron chi connectivity index (χ2n) is 2.41. The Bertz CT molecular complexity index is 397. The van der Waals surface area contributed by atoms with Crippen LogP contribution in [-0.4, -0.2) is 15.8 Å². The number of para-hydroxylation sites is 1. The zero-order chi connectivity index (χ0) is 8.55. The molecule has 2 rings (SSSR count). The molecule has 0 saturated heterocycles. The van der Waals surface area contributed by atoms with E-state index in [0.717, 1.165) is 4.90 Å².